The van der Waals surface area contributed by atoms with Crippen LogP contribution in [0.25, 0.3) is 0 Å². The van der Waals surface area contributed by atoms with Gasteiger partial charge in [0.2, 0.25) is 0 Å². The summed E-state index contributed by atoms with van der Waals surface area (Å²) in [6, 6.07) is 4.87. The van der Waals surface area contributed by atoms with Gasteiger partial charge in [0, 0.05) is 15.2 Å². The zero-order valence-corrected chi connectivity index (χ0v) is 14.1. The quantitative estimate of drug-likeness (QED) is 0.740. The van der Waals surface area contributed by atoms with Crippen LogP contribution in [0.5, 0.6) is 0 Å². The first-order chi connectivity index (χ1) is 9.97. The second-order valence-corrected chi connectivity index (χ2v) is 7.39. The second-order valence-electron chi connectivity index (χ2n) is 5.83. The van der Waals surface area contributed by atoms with Crippen LogP contribution in [0.4, 0.5) is 0 Å². The Balaban J connectivity index is 1.77. The van der Waals surface area contributed by atoms with Gasteiger partial charge in [0.25, 0.3) is 5.91 Å². The van der Waals surface area contributed by atoms with Gasteiger partial charge in [-0.1, -0.05) is 11.6 Å². The summed E-state index contributed by atoms with van der Waals surface area (Å²) in [7, 11) is 0. The third-order valence-corrected chi connectivity index (χ3v) is 6.25. The topological polar surface area (TPSA) is 66.4 Å². The van der Waals surface area contributed by atoms with Gasteiger partial charge in [0.15, 0.2) is 0 Å². The Bertz CT molecular complexity index is 607. The molecule has 2 saturated carbocycles. The minimum Gasteiger partial charge on any atom is -0.481 e. The van der Waals surface area contributed by atoms with Crippen molar-refractivity contribution in [3.05, 3.63) is 32.4 Å². The predicted octanol–water partition coefficient (Wildman–Crippen LogP) is 3.17. The van der Waals surface area contributed by atoms with E-state index >= 15 is 0 Å². The molecule has 4 nitrogen and oxygen atoms in total. The van der Waals surface area contributed by atoms with Crippen molar-refractivity contribution in [1.29, 1.82) is 0 Å². The summed E-state index contributed by atoms with van der Waals surface area (Å²) < 4.78 is 0.883. The van der Waals surface area contributed by atoms with Crippen molar-refractivity contribution in [3.63, 3.8) is 0 Å². The van der Waals surface area contributed by atoms with E-state index < -0.39 is 11.9 Å². The molecular weight excluding hydrogens is 405 g/mol. The van der Waals surface area contributed by atoms with Crippen molar-refractivity contribution in [2.45, 2.75) is 25.3 Å². The zero-order valence-electron chi connectivity index (χ0n) is 11.2. The van der Waals surface area contributed by atoms with Crippen molar-refractivity contribution in [2.75, 3.05) is 0 Å². The number of aliphatic carboxylic acids is 1. The predicted molar refractivity (Wildman–Crippen MR) is 87.4 cm³/mol. The number of carbonyl (C=O) groups is 2. The van der Waals surface area contributed by atoms with Gasteiger partial charge in [-0.3, -0.25) is 9.59 Å². The third-order valence-electron chi connectivity index (χ3n) is 4.68. The number of amides is 1. The van der Waals surface area contributed by atoms with Crippen LogP contribution in [0.1, 0.15) is 29.6 Å². The van der Waals surface area contributed by atoms with E-state index in [0.717, 1.165) is 22.8 Å². The normalized spacial score (nSPS) is 30.4. The molecular formula is C15H15ClINO3. The maximum absolute atomic E-state index is 12.3. The van der Waals surface area contributed by atoms with E-state index in [1.807, 2.05) is 0 Å². The van der Waals surface area contributed by atoms with Crippen LogP contribution in [0.2, 0.25) is 5.02 Å². The Hall–Kier alpha value is -0.820. The van der Waals surface area contributed by atoms with Gasteiger partial charge in [-0.2, -0.15) is 0 Å². The highest BCUT2D eigenvalue weighted by Crippen LogP contribution is 2.48. The standard InChI is InChI=1S/C15H15ClINO3/c16-10-6-9(3-4-11(10)17)14(19)18-13-8-2-1-7(5-8)12(13)15(20)21/h3-4,6-8,12-13H,1-2,5H2,(H,18,19)(H,20,21). The van der Waals surface area contributed by atoms with Crippen LogP contribution in [0.15, 0.2) is 18.2 Å². The molecule has 2 fully saturated rings. The number of hydrogen-bond donors (Lipinski definition) is 2. The molecule has 2 bridgehead atoms. The molecule has 21 heavy (non-hydrogen) atoms. The largest absolute Gasteiger partial charge is 0.481 e. The molecule has 0 spiro atoms. The first-order valence-corrected chi connectivity index (χ1v) is 8.41. The highest BCUT2D eigenvalue weighted by atomic mass is 127. The highest BCUT2D eigenvalue weighted by molar-refractivity contribution is 14.1. The summed E-state index contributed by atoms with van der Waals surface area (Å²) in [6.07, 6.45) is 2.88. The first-order valence-electron chi connectivity index (χ1n) is 6.96. The number of halogens is 2. The average molecular weight is 420 g/mol. The zero-order chi connectivity index (χ0) is 15.1. The molecule has 112 valence electrons. The molecule has 0 radical (unpaired) electrons. The van der Waals surface area contributed by atoms with Crippen molar-refractivity contribution in [2.24, 2.45) is 17.8 Å². The number of rotatable bonds is 3. The number of nitrogens with one attached hydrogen (secondary N) is 1. The lowest BCUT2D eigenvalue weighted by atomic mass is 9.84. The van der Waals surface area contributed by atoms with Crippen LogP contribution >= 0.6 is 34.2 Å². The van der Waals surface area contributed by atoms with E-state index in [2.05, 4.69) is 27.9 Å². The molecule has 2 N–H and O–H groups in total. The summed E-state index contributed by atoms with van der Waals surface area (Å²) in [5.74, 6) is -0.991. The molecule has 4 unspecified atom stereocenters. The van der Waals surface area contributed by atoms with Gasteiger partial charge >= 0.3 is 5.97 Å². The van der Waals surface area contributed by atoms with Crippen molar-refractivity contribution >= 4 is 46.1 Å². The highest BCUT2D eigenvalue weighted by Gasteiger charge is 2.51. The lowest BCUT2D eigenvalue weighted by Crippen LogP contribution is -2.46. The van der Waals surface area contributed by atoms with Gasteiger partial charge in [-0.05, 0) is 71.9 Å². The van der Waals surface area contributed by atoms with Gasteiger partial charge in [-0.25, -0.2) is 0 Å². The Kier molecular flexibility index (Phi) is 4.14. The third kappa shape index (κ3) is 2.77. The molecule has 0 aliphatic heterocycles. The molecule has 0 saturated heterocycles. The van der Waals surface area contributed by atoms with E-state index in [9.17, 15) is 14.7 Å². The average Bonchev–Trinajstić information content (AvgIpc) is 3.02. The minimum absolute atomic E-state index is 0.207. The van der Waals surface area contributed by atoms with Crippen molar-refractivity contribution in [1.82, 2.24) is 5.32 Å². The minimum atomic E-state index is -0.798. The lowest BCUT2D eigenvalue weighted by Gasteiger charge is -2.28. The molecule has 2 aliphatic rings. The fourth-order valence-corrected chi connectivity index (χ4v) is 4.24. The number of carbonyl (C=O) groups excluding carboxylic acids is 1. The molecule has 0 aromatic heterocycles. The summed E-state index contributed by atoms with van der Waals surface area (Å²) >= 11 is 8.14. The van der Waals surface area contributed by atoms with E-state index in [4.69, 9.17) is 11.6 Å². The fourth-order valence-electron chi connectivity index (χ4n) is 3.73. The summed E-state index contributed by atoms with van der Waals surface area (Å²) in [5, 5.41) is 12.9. The maximum atomic E-state index is 12.3. The van der Waals surface area contributed by atoms with E-state index in [-0.39, 0.29) is 17.9 Å². The number of fused-ring (bicyclic) bond motifs is 2. The van der Waals surface area contributed by atoms with Crippen LogP contribution in [-0.2, 0) is 4.79 Å². The van der Waals surface area contributed by atoms with Crippen LogP contribution in [0.3, 0.4) is 0 Å². The number of hydrogen-bond acceptors (Lipinski definition) is 2. The number of carboxylic acid groups (broad SMARTS) is 1. The Morgan fingerprint density at radius 1 is 1.29 bits per heavy atom. The monoisotopic (exact) mass is 419 g/mol. The SMILES string of the molecule is O=C(NC1C2CCC(C2)C1C(=O)O)c1ccc(I)c(Cl)c1. The van der Waals surface area contributed by atoms with Crippen molar-refractivity contribution in [3.8, 4) is 0 Å². The summed E-state index contributed by atoms with van der Waals surface area (Å²) in [5.41, 5.74) is 0.479. The molecule has 3 rings (SSSR count). The lowest BCUT2D eigenvalue weighted by molar-refractivity contribution is -0.144. The van der Waals surface area contributed by atoms with Crippen molar-refractivity contribution < 1.29 is 14.7 Å². The van der Waals surface area contributed by atoms with Gasteiger partial charge in [0.1, 0.15) is 0 Å². The molecule has 1 aromatic carbocycles. The van der Waals surface area contributed by atoms with Gasteiger partial charge in [-0.15, -0.1) is 0 Å². The smallest absolute Gasteiger partial charge is 0.308 e. The summed E-state index contributed by atoms with van der Waals surface area (Å²) in [6.45, 7) is 0. The molecule has 1 aromatic rings. The Morgan fingerprint density at radius 2 is 2.00 bits per heavy atom. The molecule has 2 aliphatic carbocycles. The first kappa shape index (κ1) is 15.1. The second kappa shape index (κ2) is 5.76. The van der Waals surface area contributed by atoms with Gasteiger partial charge < -0.3 is 10.4 Å². The Morgan fingerprint density at radius 3 is 2.67 bits per heavy atom. The molecule has 1 amide bonds. The fraction of sp³-hybridized carbons (Fsp3) is 0.467. The molecule has 0 heterocycles. The Labute approximate surface area is 141 Å². The number of benzene rings is 1. The summed E-state index contributed by atoms with van der Waals surface area (Å²) in [4.78, 5) is 23.8. The number of carboxylic acids is 1. The van der Waals surface area contributed by atoms with Gasteiger partial charge in [0.05, 0.1) is 10.9 Å². The van der Waals surface area contributed by atoms with Crippen LogP contribution < -0.4 is 5.32 Å². The van der Waals surface area contributed by atoms with E-state index in [1.54, 1.807) is 18.2 Å². The van der Waals surface area contributed by atoms with Crippen LogP contribution in [0, 0.1) is 21.3 Å². The molecule has 4 atom stereocenters. The maximum Gasteiger partial charge on any atom is 0.308 e. The van der Waals surface area contributed by atoms with E-state index in [1.165, 1.54) is 0 Å². The van der Waals surface area contributed by atoms with Crippen LogP contribution in [-0.4, -0.2) is 23.0 Å². The van der Waals surface area contributed by atoms with E-state index in [0.29, 0.717) is 16.5 Å². The molecule has 6 heteroatoms.